The Hall–Kier alpha value is -2.02. The maximum Gasteiger partial charge on any atom is 0.410 e. The van der Waals surface area contributed by atoms with E-state index in [1.165, 1.54) is 32.1 Å². The Morgan fingerprint density at radius 1 is 1.10 bits per heavy atom. The molecule has 1 aliphatic heterocycles. The van der Waals surface area contributed by atoms with E-state index >= 15 is 0 Å². The fourth-order valence-electron chi connectivity index (χ4n) is 4.40. The number of nitrogens with one attached hydrogen (secondary N) is 1. The zero-order chi connectivity index (χ0) is 22.3. The molecule has 1 aromatic rings. The number of likely N-dealkylation sites (tertiary alicyclic amines) is 1. The SMILES string of the molecule is CC(C)(C)OC(=O)N1CCC(n2cccc2C(=O)NCCCOC2CCCCC2)CC1. The normalized spacial score (nSPS) is 18.7. The van der Waals surface area contributed by atoms with Crippen molar-refractivity contribution in [2.75, 3.05) is 26.2 Å². The molecule has 2 heterocycles. The number of piperidine rings is 1. The molecule has 0 spiro atoms. The average Bonchev–Trinajstić information content (AvgIpc) is 3.23. The van der Waals surface area contributed by atoms with Gasteiger partial charge in [-0.3, -0.25) is 4.79 Å². The van der Waals surface area contributed by atoms with Gasteiger partial charge in [-0.1, -0.05) is 19.3 Å². The average molecular weight is 434 g/mol. The third-order valence-electron chi connectivity index (χ3n) is 6.03. The van der Waals surface area contributed by atoms with Gasteiger partial charge < -0.3 is 24.3 Å². The Kier molecular flexibility index (Phi) is 8.41. The van der Waals surface area contributed by atoms with Crippen LogP contribution < -0.4 is 5.32 Å². The minimum absolute atomic E-state index is 0.0442. The van der Waals surface area contributed by atoms with Gasteiger partial charge in [0.25, 0.3) is 5.91 Å². The Bertz CT molecular complexity index is 711. The Labute approximate surface area is 186 Å². The number of amides is 2. The van der Waals surface area contributed by atoms with Crippen molar-refractivity contribution in [1.29, 1.82) is 0 Å². The predicted octanol–water partition coefficient (Wildman–Crippen LogP) is 4.53. The first-order valence-electron chi connectivity index (χ1n) is 11.9. The molecule has 1 N–H and O–H groups in total. The summed E-state index contributed by atoms with van der Waals surface area (Å²) >= 11 is 0. The number of aromatic nitrogens is 1. The van der Waals surface area contributed by atoms with Crippen molar-refractivity contribution < 1.29 is 19.1 Å². The van der Waals surface area contributed by atoms with E-state index in [1.807, 2.05) is 39.1 Å². The van der Waals surface area contributed by atoms with Crippen LogP contribution in [0.3, 0.4) is 0 Å². The minimum Gasteiger partial charge on any atom is -0.444 e. The molecule has 1 aliphatic carbocycles. The number of hydrogen-bond donors (Lipinski definition) is 1. The molecule has 0 bridgehead atoms. The molecule has 7 nitrogen and oxygen atoms in total. The maximum absolute atomic E-state index is 12.7. The summed E-state index contributed by atoms with van der Waals surface area (Å²) in [6.45, 7) is 8.23. The lowest BCUT2D eigenvalue weighted by Gasteiger charge is -2.34. The van der Waals surface area contributed by atoms with Crippen molar-refractivity contribution in [1.82, 2.24) is 14.8 Å². The lowest BCUT2D eigenvalue weighted by atomic mass is 9.98. The van der Waals surface area contributed by atoms with E-state index in [9.17, 15) is 9.59 Å². The van der Waals surface area contributed by atoms with Crippen LogP contribution in [0.1, 0.15) is 88.7 Å². The zero-order valence-corrected chi connectivity index (χ0v) is 19.4. The third-order valence-corrected chi connectivity index (χ3v) is 6.03. The second-order valence-corrected chi connectivity index (χ2v) is 9.74. The van der Waals surface area contributed by atoms with E-state index in [2.05, 4.69) is 9.88 Å². The molecular formula is C24H39N3O4. The van der Waals surface area contributed by atoms with Crippen molar-refractivity contribution in [3.05, 3.63) is 24.0 Å². The second-order valence-electron chi connectivity index (χ2n) is 9.74. The Morgan fingerprint density at radius 3 is 2.48 bits per heavy atom. The molecule has 0 radical (unpaired) electrons. The van der Waals surface area contributed by atoms with Gasteiger partial charge in [0.1, 0.15) is 11.3 Å². The van der Waals surface area contributed by atoms with Crippen molar-refractivity contribution >= 4 is 12.0 Å². The molecule has 0 unspecified atom stereocenters. The third kappa shape index (κ3) is 7.27. The Morgan fingerprint density at radius 2 is 1.81 bits per heavy atom. The van der Waals surface area contributed by atoms with Gasteiger partial charge in [-0.2, -0.15) is 0 Å². The second kappa shape index (κ2) is 11.0. The highest BCUT2D eigenvalue weighted by atomic mass is 16.6. The molecule has 2 amide bonds. The van der Waals surface area contributed by atoms with Gasteiger partial charge >= 0.3 is 6.09 Å². The van der Waals surface area contributed by atoms with E-state index in [1.54, 1.807) is 4.90 Å². The topological polar surface area (TPSA) is 72.8 Å². The first-order valence-corrected chi connectivity index (χ1v) is 11.9. The highest BCUT2D eigenvalue weighted by molar-refractivity contribution is 5.92. The molecule has 2 aliphatic rings. The summed E-state index contributed by atoms with van der Waals surface area (Å²) in [5, 5.41) is 3.03. The summed E-state index contributed by atoms with van der Waals surface area (Å²) in [5.41, 5.74) is 0.199. The molecule has 1 saturated carbocycles. The lowest BCUT2D eigenvalue weighted by Crippen LogP contribution is -2.42. The minimum atomic E-state index is -0.485. The van der Waals surface area contributed by atoms with E-state index in [0.717, 1.165) is 19.3 Å². The van der Waals surface area contributed by atoms with Crippen LogP contribution in [0.25, 0.3) is 0 Å². The molecule has 0 atom stereocenters. The first kappa shape index (κ1) is 23.6. The number of rotatable bonds is 7. The highest BCUT2D eigenvalue weighted by Crippen LogP contribution is 2.26. The van der Waals surface area contributed by atoms with Crippen LogP contribution in [-0.2, 0) is 9.47 Å². The van der Waals surface area contributed by atoms with Crippen molar-refractivity contribution in [2.45, 2.75) is 89.9 Å². The van der Waals surface area contributed by atoms with Gasteiger partial charge in [0, 0.05) is 38.5 Å². The summed E-state index contributed by atoms with van der Waals surface area (Å²) in [4.78, 5) is 26.7. The number of carbonyl (C=O) groups is 2. The van der Waals surface area contributed by atoms with E-state index in [4.69, 9.17) is 9.47 Å². The molecule has 31 heavy (non-hydrogen) atoms. The number of hydrogen-bond acceptors (Lipinski definition) is 4. The molecule has 3 rings (SSSR count). The van der Waals surface area contributed by atoms with Crippen LogP contribution in [0.4, 0.5) is 4.79 Å². The van der Waals surface area contributed by atoms with Gasteiger partial charge in [0.05, 0.1) is 6.10 Å². The van der Waals surface area contributed by atoms with Gasteiger partial charge in [0.15, 0.2) is 0 Å². The smallest absolute Gasteiger partial charge is 0.410 e. The van der Waals surface area contributed by atoms with Crippen molar-refractivity contribution in [2.24, 2.45) is 0 Å². The number of ether oxygens (including phenoxy) is 2. The van der Waals surface area contributed by atoms with E-state index < -0.39 is 5.60 Å². The summed E-state index contributed by atoms with van der Waals surface area (Å²) < 4.78 is 13.5. The molecule has 2 fully saturated rings. The van der Waals surface area contributed by atoms with Gasteiger partial charge in [-0.15, -0.1) is 0 Å². The first-order chi connectivity index (χ1) is 14.8. The molecule has 174 valence electrons. The molecule has 1 aromatic heterocycles. The van der Waals surface area contributed by atoms with E-state index in [-0.39, 0.29) is 18.0 Å². The molecular weight excluding hydrogens is 394 g/mol. The fourth-order valence-corrected chi connectivity index (χ4v) is 4.40. The van der Waals surface area contributed by atoms with Crippen LogP contribution in [0.2, 0.25) is 0 Å². The van der Waals surface area contributed by atoms with Crippen LogP contribution in [0.5, 0.6) is 0 Å². The lowest BCUT2D eigenvalue weighted by molar-refractivity contribution is 0.0186. The van der Waals surface area contributed by atoms with Crippen molar-refractivity contribution in [3.8, 4) is 0 Å². The molecule has 7 heteroatoms. The predicted molar refractivity (Wildman–Crippen MR) is 120 cm³/mol. The van der Waals surface area contributed by atoms with Crippen LogP contribution in [-0.4, -0.2) is 59.4 Å². The van der Waals surface area contributed by atoms with Gasteiger partial charge in [-0.25, -0.2) is 4.79 Å². The quantitative estimate of drug-likeness (QED) is 0.641. The van der Waals surface area contributed by atoms with Crippen LogP contribution in [0, 0.1) is 0 Å². The van der Waals surface area contributed by atoms with E-state index in [0.29, 0.717) is 38.0 Å². The Balaban J connectivity index is 1.41. The largest absolute Gasteiger partial charge is 0.444 e. The summed E-state index contributed by atoms with van der Waals surface area (Å²) in [5.74, 6) is -0.0442. The molecule has 0 aromatic carbocycles. The standard InChI is InChI=1S/C24H39N3O4/c1-24(2,3)31-23(29)26-16-12-19(13-17-26)27-15-7-11-21(27)22(28)25-14-8-18-30-20-9-5-4-6-10-20/h7,11,15,19-20H,4-6,8-10,12-14,16-18H2,1-3H3,(H,25,28). The fraction of sp³-hybridized carbons (Fsp3) is 0.750. The van der Waals surface area contributed by atoms with Crippen LogP contribution in [0.15, 0.2) is 18.3 Å². The van der Waals surface area contributed by atoms with Gasteiger partial charge in [-0.05, 0) is 65.0 Å². The van der Waals surface area contributed by atoms with Crippen molar-refractivity contribution in [3.63, 3.8) is 0 Å². The summed E-state index contributed by atoms with van der Waals surface area (Å²) in [6.07, 6.45) is 10.8. The number of carbonyl (C=O) groups excluding carboxylic acids is 2. The van der Waals surface area contributed by atoms with Crippen LogP contribution >= 0.6 is 0 Å². The summed E-state index contributed by atoms with van der Waals surface area (Å²) in [7, 11) is 0. The van der Waals surface area contributed by atoms with Gasteiger partial charge in [0.2, 0.25) is 0 Å². The summed E-state index contributed by atoms with van der Waals surface area (Å²) in [6, 6.07) is 4.00. The molecule has 1 saturated heterocycles. The highest BCUT2D eigenvalue weighted by Gasteiger charge is 2.28. The maximum atomic E-state index is 12.7. The number of nitrogens with zero attached hydrogens (tertiary/aromatic N) is 2. The monoisotopic (exact) mass is 433 g/mol. The zero-order valence-electron chi connectivity index (χ0n) is 19.4.